The summed E-state index contributed by atoms with van der Waals surface area (Å²) < 4.78 is 17.2. The number of anilines is 1. The number of piperidine rings is 1. The van der Waals surface area contributed by atoms with Crippen LogP contribution < -0.4 is 10.4 Å². The molecule has 142 valence electrons. The number of rotatable bonds is 4. The first-order chi connectivity index (χ1) is 12.2. The molecule has 1 unspecified atom stereocenters. The van der Waals surface area contributed by atoms with Gasteiger partial charge in [-0.05, 0) is 47.5 Å². The first-order valence-corrected chi connectivity index (χ1v) is 9.32. The molecule has 0 spiro atoms. The smallest absolute Gasteiger partial charge is 0.466 e. The lowest BCUT2D eigenvalue weighted by Crippen LogP contribution is -2.41. The Labute approximate surface area is 155 Å². The number of aromatic nitrogens is 2. The lowest BCUT2D eigenvalue weighted by molar-refractivity contribution is -0.148. The lowest BCUT2D eigenvalue weighted by Gasteiger charge is -2.32. The summed E-state index contributed by atoms with van der Waals surface area (Å²) in [6, 6.07) is 0. The van der Waals surface area contributed by atoms with Crippen molar-refractivity contribution in [2.75, 3.05) is 24.6 Å². The van der Waals surface area contributed by atoms with Crippen molar-refractivity contribution < 1.29 is 18.8 Å². The van der Waals surface area contributed by atoms with E-state index in [1.807, 2.05) is 39.5 Å². The van der Waals surface area contributed by atoms with E-state index in [1.165, 1.54) is 0 Å². The summed E-state index contributed by atoms with van der Waals surface area (Å²) >= 11 is 0. The summed E-state index contributed by atoms with van der Waals surface area (Å²) in [6.07, 6.45) is 5.27. The minimum Gasteiger partial charge on any atom is -0.466 e. The molecule has 1 atom stereocenters. The Kier molecular flexibility index (Phi) is 5.26. The number of hydrogen-bond acceptors (Lipinski definition) is 7. The molecule has 3 heterocycles. The number of carbonyl (C=O) groups excluding carboxylic acids is 1. The minimum atomic E-state index is -0.470. The van der Waals surface area contributed by atoms with E-state index in [9.17, 15) is 4.79 Å². The van der Waals surface area contributed by atoms with Crippen molar-refractivity contribution in [2.24, 2.45) is 5.92 Å². The maximum atomic E-state index is 12.0. The molecule has 0 N–H and O–H groups in total. The minimum absolute atomic E-state index is 0.116. The highest BCUT2D eigenvalue weighted by molar-refractivity contribution is 6.61. The molecule has 8 heteroatoms. The van der Waals surface area contributed by atoms with Crippen LogP contribution in [0.1, 0.15) is 47.5 Å². The van der Waals surface area contributed by atoms with Gasteiger partial charge in [-0.1, -0.05) is 0 Å². The Morgan fingerprint density at radius 2 is 1.88 bits per heavy atom. The van der Waals surface area contributed by atoms with Crippen molar-refractivity contribution in [3.63, 3.8) is 0 Å². The summed E-state index contributed by atoms with van der Waals surface area (Å²) in [6.45, 7) is 11.7. The Bertz CT molecular complexity index is 634. The molecule has 1 aromatic rings. The third-order valence-corrected chi connectivity index (χ3v) is 5.51. The first-order valence-electron chi connectivity index (χ1n) is 9.32. The summed E-state index contributed by atoms with van der Waals surface area (Å²) in [7, 11) is -0.470. The molecule has 0 bridgehead atoms. The van der Waals surface area contributed by atoms with Crippen molar-refractivity contribution in [1.29, 1.82) is 0 Å². The fourth-order valence-electron chi connectivity index (χ4n) is 3.21. The average molecular weight is 361 g/mol. The van der Waals surface area contributed by atoms with Crippen LogP contribution in [0.2, 0.25) is 0 Å². The van der Waals surface area contributed by atoms with E-state index in [-0.39, 0.29) is 11.9 Å². The second kappa shape index (κ2) is 7.16. The van der Waals surface area contributed by atoms with Gasteiger partial charge < -0.3 is 18.9 Å². The van der Waals surface area contributed by atoms with Crippen LogP contribution in [0.5, 0.6) is 0 Å². The van der Waals surface area contributed by atoms with Crippen molar-refractivity contribution in [3.8, 4) is 0 Å². The van der Waals surface area contributed by atoms with Gasteiger partial charge in [0.2, 0.25) is 5.95 Å². The van der Waals surface area contributed by atoms with E-state index in [4.69, 9.17) is 14.0 Å². The third kappa shape index (κ3) is 3.71. The Hall–Kier alpha value is -1.67. The van der Waals surface area contributed by atoms with E-state index in [2.05, 4.69) is 9.97 Å². The van der Waals surface area contributed by atoms with E-state index in [1.54, 1.807) is 12.4 Å². The van der Waals surface area contributed by atoms with Gasteiger partial charge in [-0.2, -0.15) is 0 Å². The van der Waals surface area contributed by atoms with Crippen LogP contribution in [0.15, 0.2) is 12.4 Å². The molecule has 2 aliphatic heterocycles. The maximum Gasteiger partial charge on any atom is 0.498 e. The monoisotopic (exact) mass is 361 g/mol. The van der Waals surface area contributed by atoms with Crippen LogP contribution in [0.4, 0.5) is 5.95 Å². The zero-order valence-electron chi connectivity index (χ0n) is 16.3. The molecule has 3 rings (SSSR count). The number of nitrogens with zero attached hydrogens (tertiary/aromatic N) is 3. The zero-order chi connectivity index (χ0) is 18.9. The van der Waals surface area contributed by atoms with Crippen molar-refractivity contribution in [3.05, 3.63) is 12.4 Å². The van der Waals surface area contributed by atoms with Crippen LogP contribution in [0.25, 0.3) is 0 Å². The molecule has 1 aromatic heterocycles. The average Bonchev–Trinajstić information content (AvgIpc) is 2.83. The van der Waals surface area contributed by atoms with E-state index >= 15 is 0 Å². The van der Waals surface area contributed by atoms with Crippen LogP contribution in [-0.2, 0) is 18.8 Å². The van der Waals surface area contributed by atoms with Crippen LogP contribution in [-0.4, -0.2) is 54.0 Å². The van der Waals surface area contributed by atoms with Gasteiger partial charge in [-0.3, -0.25) is 4.79 Å². The molecule has 26 heavy (non-hydrogen) atoms. The first kappa shape index (κ1) is 19.1. The molecule has 0 radical (unpaired) electrons. The Balaban J connectivity index is 1.67. The van der Waals surface area contributed by atoms with Crippen LogP contribution in [0, 0.1) is 5.92 Å². The quantitative estimate of drug-likeness (QED) is 0.595. The van der Waals surface area contributed by atoms with Crippen molar-refractivity contribution in [1.82, 2.24) is 9.97 Å². The fraction of sp³-hybridized carbons (Fsp3) is 0.722. The Morgan fingerprint density at radius 1 is 1.27 bits per heavy atom. The van der Waals surface area contributed by atoms with E-state index in [0.29, 0.717) is 19.1 Å². The number of carbonyl (C=O) groups is 1. The zero-order valence-corrected chi connectivity index (χ0v) is 16.3. The number of ether oxygens (including phenoxy) is 1. The number of hydrogen-bond donors (Lipinski definition) is 0. The van der Waals surface area contributed by atoms with Gasteiger partial charge in [-0.15, -0.1) is 0 Å². The second-order valence-electron chi connectivity index (χ2n) is 7.94. The second-order valence-corrected chi connectivity index (χ2v) is 7.94. The lowest BCUT2D eigenvalue weighted by atomic mass is 9.81. The van der Waals surface area contributed by atoms with Crippen LogP contribution in [0.3, 0.4) is 0 Å². The maximum absolute atomic E-state index is 12.0. The normalized spacial score (nSPS) is 24.6. The number of esters is 1. The van der Waals surface area contributed by atoms with Gasteiger partial charge in [0.25, 0.3) is 0 Å². The molecule has 2 saturated heterocycles. The molecule has 0 aliphatic carbocycles. The molecule has 0 amide bonds. The van der Waals surface area contributed by atoms with Crippen molar-refractivity contribution >= 4 is 24.5 Å². The summed E-state index contributed by atoms with van der Waals surface area (Å²) in [5.41, 5.74) is 0.0120. The predicted molar refractivity (Wildman–Crippen MR) is 99.3 cm³/mol. The van der Waals surface area contributed by atoms with Gasteiger partial charge in [0.15, 0.2) is 0 Å². The highest BCUT2D eigenvalue weighted by Gasteiger charge is 2.52. The fourth-order valence-corrected chi connectivity index (χ4v) is 3.21. The standard InChI is InChI=1S/C18H28BN3O4/c1-6-24-15(23)13-8-7-9-22(12-13)16-20-10-14(11-21-16)19-25-17(2,3)18(4,5)26-19/h10-11,13H,6-9,12H2,1-5H3. The van der Waals surface area contributed by atoms with Gasteiger partial charge in [0.05, 0.1) is 23.7 Å². The third-order valence-electron chi connectivity index (χ3n) is 5.51. The van der Waals surface area contributed by atoms with Gasteiger partial charge in [-0.25, -0.2) is 9.97 Å². The summed E-state index contributed by atoms with van der Waals surface area (Å²) in [5, 5.41) is 0. The molecular weight excluding hydrogens is 333 g/mol. The highest BCUT2D eigenvalue weighted by Crippen LogP contribution is 2.36. The topological polar surface area (TPSA) is 73.8 Å². The molecular formula is C18H28BN3O4. The molecule has 2 aliphatic rings. The highest BCUT2D eigenvalue weighted by atomic mass is 16.7. The van der Waals surface area contributed by atoms with Crippen molar-refractivity contribution in [2.45, 2.75) is 58.7 Å². The van der Waals surface area contributed by atoms with Gasteiger partial charge in [0.1, 0.15) is 0 Å². The Morgan fingerprint density at radius 3 is 2.46 bits per heavy atom. The summed E-state index contributed by atoms with van der Waals surface area (Å²) in [5.74, 6) is 0.375. The van der Waals surface area contributed by atoms with E-state index in [0.717, 1.165) is 24.8 Å². The molecule has 0 saturated carbocycles. The van der Waals surface area contributed by atoms with E-state index < -0.39 is 18.3 Å². The van der Waals surface area contributed by atoms with Gasteiger partial charge >= 0.3 is 13.1 Å². The predicted octanol–water partition coefficient (Wildman–Crippen LogP) is 1.56. The molecule has 0 aromatic carbocycles. The van der Waals surface area contributed by atoms with Crippen LogP contribution >= 0.6 is 0 Å². The SMILES string of the molecule is CCOC(=O)C1CCCN(c2ncc(B3OC(C)(C)C(C)(C)O3)cn2)C1. The molecule has 2 fully saturated rings. The summed E-state index contributed by atoms with van der Waals surface area (Å²) in [4.78, 5) is 23.0. The van der Waals surface area contributed by atoms with Gasteiger partial charge in [0, 0.05) is 30.9 Å². The molecule has 7 nitrogen and oxygen atoms in total. The largest absolute Gasteiger partial charge is 0.498 e.